The highest BCUT2D eigenvalue weighted by Gasteiger charge is 2.09. The van der Waals surface area contributed by atoms with Crippen molar-refractivity contribution in [2.45, 2.75) is 0 Å². The Balaban J connectivity index is 1.61. The number of benzene rings is 2. The zero-order valence-electron chi connectivity index (χ0n) is 13.1. The van der Waals surface area contributed by atoms with Gasteiger partial charge in [-0.1, -0.05) is 18.2 Å². The van der Waals surface area contributed by atoms with Gasteiger partial charge in [0.15, 0.2) is 0 Å². The van der Waals surface area contributed by atoms with Crippen LogP contribution in [0.1, 0.15) is 0 Å². The molecule has 4 aromatic rings. The molecule has 7 heteroatoms. The Kier molecular flexibility index (Phi) is 3.59. The molecule has 0 N–H and O–H groups in total. The second-order valence-electron chi connectivity index (χ2n) is 5.43. The lowest BCUT2D eigenvalue weighted by Gasteiger charge is -2.00. The van der Waals surface area contributed by atoms with Crippen LogP contribution >= 0.6 is 0 Å². The summed E-state index contributed by atoms with van der Waals surface area (Å²) in [5.41, 5.74) is 3.46. The zero-order valence-corrected chi connectivity index (χ0v) is 13.1. The molecule has 4 rings (SSSR count). The highest BCUT2D eigenvalue weighted by molar-refractivity contribution is 5.58. The van der Waals surface area contributed by atoms with E-state index in [4.69, 9.17) is 0 Å². The van der Waals surface area contributed by atoms with Crippen LogP contribution < -0.4 is 0 Å². The van der Waals surface area contributed by atoms with E-state index < -0.39 is 4.92 Å². The van der Waals surface area contributed by atoms with Crippen molar-refractivity contribution >= 4 is 5.69 Å². The third-order valence-corrected chi connectivity index (χ3v) is 3.81. The Morgan fingerprint density at radius 2 is 1.60 bits per heavy atom. The van der Waals surface area contributed by atoms with Gasteiger partial charge < -0.3 is 0 Å². The average molecular weight is 331 g/mol. The molecule has 0 unspecified atom stereocenters. The third-order valence-electron chi connectivity index (χ3n) is 3.81. The van der Waals surface area contributed by atoms with Gasteiger partial charge in [-0.05, 0) is 30.3 Å². The van der Waals surface area contributed by atoms with Crippen molar-refractivity contribution in [3.05, 3.63) is 89.4 Å². The lowest BCUT2D eigenvalue weighted by atomic mass is 10.2. The minimum absolute atomic E-state index is 0.0558. The van der Waals surface area contributed by atoms with Gasteiger partial charge in [0, 0.05) is 30.1 Å². The van der Waals surface area contributed by atoms with Gasteiger partial charge >= 0.3 is 0 Å². The van der Waals surface area contributed by atoms with Gasteiger partial charge in [0.1, 0.15) is 0 Å². The molecule has 25 heavy (non-hydrogen) atoms. The number of hydrogen-bond donors (Lipinski definition) is 0. The topological polar surface area (TPSA) is 78.8 Å². The second-order valence-corrected chi connectivity index (χ2v) is 5.43. The molecular weight excluding hydrogens is 318 g/mol. The molecular formula is C18H13N5O2. The van der Waals surface area contributed by atoms with Gasteiger partial charge in [0.2, 0.25) is 0 Å². The fraction of sp³-hybridized carbons (Fsp3) is 0. The standard InChI is InChI=1S/C18H13N5O2/c24-23(25)17-8-6-16(7-9-17)21-11-10-18(20-21)14-12-19-22(13-14)15-4-2-1-3-5-15/h1-13H. The number of nitro groups is 1. The van der Waals surface area contributed by atoms with E-state index in [9.17, 15) is 10.1 Å². The van der Waals surface area contributed by atoms with Crippen molar-refractivity contribution in [3.63, 3.8) is 0 Å². The summed E-state index contributed by atoms with van der Waals surface area (Å²) in [6, 6.07) is 18.0. The molecule has 0 spiro atoms. The van der Waals surface area contributed by atoms with Crippen LogP contribution in [0.25, 0.3) is 22.6 Å². The first-order chi connectivity index (χ1) is 12.2. The van der Waals surface area contributed by atoms with E-state index in [0.717, 1.165) is 22.6 Å². The number of rotatable bonds is 4. The van der Waals surface area contributed by atoms with Crippen LogP contribution in [0.5, 0.6) is 0 Å². The van der Waals surface area contributed by atoms with Crippen LogP contribution in [0, 0.1) is 10.1 Å². The Morgan fingerprint density at radius 3 is 2.32 bits per heavy atom. The summed E-state index contributed by atoms with van der Waals surface area (Å²) in [5, 5.41) is 19.6. The van der Waals surface area contributed by atoms with Gasteiger partial charge in [-0.3, -0.25) is 10.1 Å². The Bertz CT molecular complexity index is 1020. The largest absolute Gasteiger partial charge is 0.269 e. The predicted molar refractivity (Wildman–Crippen MR) is 92.8 cm³/mol. The van der Waals surface area contributed by atoms with E-state index in [2.05, 4.69) is 10.2 Å². The maximum absolute atomic E-state index is 10.7. The SMILES string of the molecule is O=[N+]([O-])c1ccc(-n2ccc(-c3cnn(-c4ccccc4)c3)n2)cc1. The molecule has 0 atom stereocenters. The summed E-state index contributed by atoms with van der Waals surface area (Å²) in [5.74, 6) is 0. The zero-order chi connectivity index (χ0) is 17.2. The minimum Gasteiger partial charge on any atom is -0.258 e. The summed E-state index contributed by atoms with van der Waals surface area (Å²) in [4.78, 5) is 10.3. The maximum Gasteiger partial charge on any atom is 0.269 e. The molecule has 2 heterocycles. The van der Waals surface area contributed by atoms with E-state index in [1.807, 2.05) is 48.8 Å². The molecule has 0 amide bonds. The van der Waals surface area contributed by atoms with Crippen molar-refractivity contribution in [2.75, 3.05) is 0 Å². The molecule has 0 aliphatic rings. The second kappa shape index (κ2) is 6.04. The molecule has 2 aromatic carbocycles. The van der Waals surface area contributed by atoms with Crippen LogP contribution in [-0.4, -0.2) is 24.5 Å². The quantitative estimate of drug-likeness (QED) is 0.422. The minimum atomic E-state index is -0.420. The van der Waals surface area contributed by atoms with Crippen LogP contribution in [-0.2, 0) is 0 Å². The lowest BCUT2D eigenvalue weighted by molar-refractivity contribution is -0.384. The first-order valence-corrected chi connectivity index (χ1v) is 7.62. The number of nitro benzene ring substituents is 1. The van der Waals surface area contributed by atoms with Crippen molar-refractivity contribution in [2.24, 2.45) is 0 Å². The lowest BCUT2D eigenvalue weighted by Crippen LogP contribution is -1.95. The van der Waals surface area contributed by atoms with E-state index in [-0.39, 0.29) is 5.69 Å². The first-order valence-electron chi connectivity index (χ1n) is 7.62. The van der Waals surface area contributed by atoms with Crippen LogP contribution in [0.2, 0.25) is 0 Å². The molecule has 0 aliphatic heterocycles. The summed E-state index contributed by atoms with van der Waals surface area (Å²) in [7, 11) is 0. The summed E-state index contributed by atoms with van der Waals surface area (Å²) < 4.78 is 3.47. The van der Waals surface area contributed by atoms with E-state index >= 15 is 0 Å². The van der Waals surface area contributed by atoms with E-state index in [0.29, 0.717) is 0 Å². The first kappa shape index (κ1) is 14.8. The van der Waals surface area contributed by atoms with Crippen molar-refractivity contribution in [3.8, 4) is 22.6 Å². The number of aromatic nitrogens is 4. The van der Waals surface area contributed by atoms with Gasteiger partial charge in [-0.15, -0.1) is 0 Å². The Labute approximate surface area is 142 Å². The predicted octanol–water partition coefficient (Wildman–Crippen LogP) is 3.63. The van der Waals surface area contributed by atoms with Crippen LogP contribution in [0.15, 0.2) is 79.3 Å². The molecule has 0 bridgehead atoms. The summed E-state index contributed by atoms with van der Waals surface area (Å²) in [6.07, 6.45) is 5.49. The highest BCUT2D eigenvalue weighted by atomic mass is 16.6. The van der Waals surface area contributed by atoms with Gasteiger partial charge in [0.05, 0.1) is 28.2 Å². The Hall–Kier alpha value is -3.74. The Morgan fingerprint density at radius 1 is 0.880 bits per heavy atom. The fourth-order valence-corrected chi connectivity index (χ4v) is 2.53. The van der Waals surface area contributed by atoms with Gasteiger partial charge in [-0.25, -0.2) is 9.36 Å². The third kappa shape index (κ3) is 2.90. The smallest absolute Gasteiger partial charge is 0.258 e. The molecule has 0 saturated carbocycles. The molecule has 0 radical (unpaired) electrons. The molecule has 7 nitrogen and oxygen atoms in total. The van der Waals surface area contributed by atoms with E-state index in [1.54, 1.807) is 27.7 Å². The van der Waals surface area contributed by atoms with Gasteiger partial charge in [-0.2, -0.15) is 10.2 Å². The molecule has 2 aromatic heterocycles. The monoisotopic (exact) mass is 331 g/mol. The summed E-state index contributed by atoms with van der Waals surface area (Å²) in [6.45, 7) is 0. The van der Waals surface area contributed by atoms with Crippen molar-refractivity contribution < 1.29 is 4.92 Å². The maximum atomic E-state index is 10.7. The number of nitrogens with zero attached hydrogens (tertiary/aromatic N) is 5. The molecule has 0 saturated heterocycles. The average Bonchev–Trinajstić information content (AvgIpc) is 3.32. The molecule has 122 valence electrons. The fourth-order valence-electron chi connectivity index (χ4n) is 2.53. The van der Waals surface area contributed by atoms with Crippen molar-refractivity contribution in [1.29, 1.82) is 0 Å². The highest BCUT2D eigenvalue weighted by Crippen LogP contribution is 2.20. The van der Waals surface area contributed by atoms with E-state index in [1.165, 1.54) is 12.1 Å². The van der Waals surface area contributed by atoms with Crippen LogP contribution in [0.4, 0.5) is 5.69 Å². The normalized spacial score (nSPS) is 10.7. The number of para-hydroxylation sites is 1. The van der Waals surface area contributed by atoms with Gasteiger partial charge in [0.25, 0.3) is 5.69 Å². The number of hydrogen-bond acceptors (Lipinski definition) is 4. The summed E-state index contributed by atoms with van der Waals surface area (Å²) >= 11 is 0. The molecule has 0 aliphatic carbocycles. The number of non-ortho nitro benzene ring substituents is 1. The van der Waals surface area contributed by atoms with Crippen LogP contribution in [0.3, 0.4) is 0 Å². The van der Waals surface area contributed by atoms with Crippen molar-refractivity contribution in [1.82, 2.24) is 19.6 Å². The molecule has 0 fully saturated rings.